The van der Waals surface area contributed by atoms with Gasteiger partial charge in [0, 0.05) is 49.2 Å². The van der Waals surface area contributed by atoms with Gasteiger partial charge in [-0.2, -0.15) is 0 Å². The molecule has 3 heterocycles. The molecule has 132 valence electrons. The summed E-state index contributed by atoms with van der Waals surface area (Å²) in [7, 11) is 0. The van der Waals surface area contributed by atoms with E-state index in [1.165, 1.54) is 18.9 Å². The Morgan fingerprint density at radius 2 is 1.96 bits per heavy atom. The molecule has 2 aromatic rings. The van der Waals surface area contributed by atoms with E-state index in [-0.39, 0.29) is 11.9 Å². The molecular formula is C19H23FN4O. The van der Waals surface area contributed by atoms with Gasteiger partial charge in [-0.1, -0.05) is 0 Å². The number of hydrogen-bond acceptors (Lipinski definition) is 5. The van der Waals surface area contributed by atoms with E-state index in [2.05, 4.69) is 20.2 Å². The highest BCUT2D eigenvalue weighted by atomic mass is 19.1. The van der Waals surface area contributed by atoms with Gasteiger partial charge in [0.25, 0.3) is 0 Å². The molecule has 2 aliphatic rings. The molecule has 1 aromatic carbocycles. The smallest absolute Gasteiger partial charge is 0.225 e. The molecule has 1 saturated heterocycles. The predicted molar refractivity (Wildman–Crippen MR) is 94.2 cm³/mol. The highest BCUT2D eigenvalue weighted by Gasteiger charge is 2.20. The second-order valence-corrected chi connectivity index (χ2v) is 6.69. The van der Waals surface area contributed by atoms with E-state index in [0.29, 0.717) is 13.2 Å². The van der Waals surface area contributed by atoms with E-state index in [0.717, 1.165) is 48.8 Å². The van der Waals surface area contributed by atoms with Crippen molar-refractivity contribution in [2.45, 2.75) is 38.3 Å². The number of benzene rings is 1. The van der Waals surface area contributed by atoms with Gasteiger partial charge in [0.05, 0.1) is 6.61 Å². The summed E-state index contributed by atoms with van der Waals surface area (Å²) >= 11 is 0. The maximum atomic E-state index is 13.6. The van der Waals surface area contributed by atoms with Crippen LogP contribution < -0.4 is 15.0 Å². The summed E-state index contributed by atoms with van der Waals surface area (Å²) in [5.41, 5.74) is 1.93. The van der Waals surface area contributed by atoms with Gasteiger partial charge in [0.1, 0.15) is 11.6 Å². The molecule has 0 radical (unpaired) electrons. The van der Waals surface area contributed by atoms with Crippen LogP contribution in [0.2, 0.25) is 0 Å². The Labute approximate surface area is 147 Å². The van der Waals surface area contributed by atoms with Gasteiger partial charge < -0.3 is 15.0 Å². The highest BCUT2D eigenvalue weighted by Crippen LogP contribution is 2.32. The molecule has 1 atom stereocenters. The summed E-state index contributed by atoms with van der Waals surface area (Å²) in [4.78, 5) is 11.2. The molecule has 1 fully saturated rings. The van der Waals surface area contributed by atoms with Crippen LogP contribution in [0.4, 0.5) is 10.3 Å². The molecule has 5 nitrogen and oxygen atoms in total. The summed E-state index contributed by atoms with van der Waals surface area (Å²) in [5, 5.41) is 3.51. The normalized spacial score (nSPS) is 20.0. The third kappa shape index (κ3) is 3.74. The lowest BCUT2D eigenvalue weighted by atomic mass is 10.0. The monoisotopic (exact) mass is 342 g/mol. The molecule has 2 aliphatic heterocycles. The maximum Gasteiger partial charge on any atom is 0.225 e. The fourth-order valence-corrected chi connectivity index (χ4v) is 3.52. The Kier molecular flexibility index (Phi) is 4.78. The van der Waals surface area contributed by atoms with Crippen molar-refractivity contribution in [2.75, 3.05) is 24.6 Å². The highest BCUT2D eigenvalue weighted by molar-refractivity contribution is 5.37. The fourth-order valence-electron chi connectivity index (χ4n) is 3.52. The van der Waals surface area contributed by atoms with Crippen LogP contribution in [0.5, 0.6) is 5.75 Å². The number of aromatic nitrogens is 2. The topological polar surface area (TPSA) is 50.3 Å². The van der Waals surface area contributed by atoms with Gasteiger partial charge >= 0.3 is 0 Å². The molecule has 0 saturated carbocycles. The zero-order valence-corrected chi connectivity index (χ0v) is 14.2. The molecule has 1 aromatic heterocycles. The summed E-state index contributed by atoms with van der Waals surface area (Å²) in [6.07, 6.45) is 8.06. The Morgan fingerprint density at radius 3 is 2.76 bits per heavy atom. The molecule has 1 N–H and O–H groups in total. The van der Waals surface area contributed by atoms with Gasteiger partial charge in [-0.3, -0.25) is 0 Å². The minimum Gasteiger partial charge on any atom is -0.493 e. The third-order valence-electron chi connectivity index (χ3n) is 4.88. The Bertz CT molecular complexity index is 716. The lowest BCUT2D eigenvalue weighted by Gasteiger charge is -2.19. The number of hydrogen-bond donors (Lipinski definition) is 1. The van der Waals surface area contributed by atoms with Crippen LogP contribution >= 0.6 is 0 Å². The van der Waals surface area contributed by atoms with Gasteiger partial charge in [-0.25, -0.2) is 14.4 Å². The van der Waals surface area contributed by atoms with Gasteiger partial charge in [0.2, 0.25) is 5.95 Å². The maximum absolute atomic E-state index is 13.6. The zero-order chi connectivity index (χ0) is 17.1. The third-order valence-corrected chi connectivity index (χ3v) is 4.88. The average Bonchev–Trinajstić information content (AvgIpc) is 3.10. The lowest BCUT2D eigenvalue weighted by molar-refractivity contribution is 0.315. The molecule has 25 heavy (non-hydrogen) atoms. The van der Waals surface area contributed by atoms with Crippen molar-refractivity contribution < 1.29 is 9.13 Å². The molecule has 4 rings (SSSR count). The summed E-state index contributed by atoms with van der Waals surface area (Å²) in [6.45, 7) is 3.41. The van der Waals surface area contributed by atoms with Crippen LogP contribution in [-0.2, 0) is 6.54 Å². The molecule has 0 aliphatic carbocycles. The first-order valence-electron chi connectivity index (χ1n) is 9.01. The standard InChI is InChI=1S/C19H23FN4O/c20-15-5-6-18-16(10-15)17(4-3-9-25-18)21-11-14-12-22-19(23-13-14)24-7-1-2-8-24/h5-6,10,12-13,17,21H,1-4,7-9,11H2. The first-order valence-corrected chi connectivity index (χ1v) is 9.01. The number of rotatable bonds is 4. The SMILES string of the molecule is Fc1ccc2c(c1)C(NCc1cnc(N3CCCC3)nc1)CCCO2. The Balaban J connectivity index is 1.43. The molecule has 0 bridgehead atoms. The van der Waals surface area contributed by atoms with Crippen LogP contribution in [0.3, 0.4) is 0 Å². The number of fused-ring (bicyclic) bond motifs is 1. The van der Waals surface area contributed by atoms with Crippen molar-refractivity contribution in [1.29, 1.82) is 0 Å². The first-order chi connectivity index (χ1) is 12.3. The van der Waals surface area contributed by atoms with Crippen LogP contribution in [0.1, 0.15) is 42.9 Å². The Hall–Kier alpha value is -2.21. The van der Waals surface area contributed by atoms with Crippen LogP contribution in [0.25, 0.3) is 0 Å². The predicted octanol–water partition coefficient (Wildman–Crippen LogP) is 3.22. The fraction of sp³-hybridized carbons (Fsp3) is 0.474. The summed E-state index contributed by atoms with van der Waals surface area (Å²) < 4.78 is 19.4. The zero-order valence-electron chi connectivity index (χ0n) is 14.2. The van der Waals surface area contributed by atoms with E-state index in [9.17, 15) is 4.39 Å². The van der Waals surface area contributed by atoms with Crippen LogP contribution in [0.15, 0.2) is 30.6 Å². The quantitative estimate of drug-likeness (QED) is 0.924. The molecule has 6 heteroatoms. The van der Waals surface area contributed by atoms with E-state index < -0.39 is 0 Å². The molecule has 0 spiro atoms. The summed E-state index contributed by atoms with van der Waals surface area (Å²) in [6, 6.07) is 4.82. The number of nitrogens with one attached hydrogen (secondary N) is 1. The minimum absolute atomic E-state index is 0.0754. The average molecular weight is 342 g/mol. The number of nitrogens with zero attached hydrogens (tertiary/aromatic N) is 3. The van der Waals surface area contributed by atoms with E-state index in [1.54, 1.807) is 12.1 Å². The van der Waals surface area contributed by atoms with Gasteiger partial charge in [0.15, 0.2) is 0 Å². The van der Waals surface area contributed by atoms with Crippen molar-refractivity contribution in [3.63, 3.8) is 0 Å². The van der Waals surface area contributed by atoms with Crippen molar-refractivity contribution in [3.05, 3.63) is 47.5 Å². The Morgan fingerprint density at radius 1 is 1.16 bits per heavy atom. The molecule has 0 amide bonds. The van der Waals surface area contributed by atoms with E-state index >= 15 is 0 Å². The van der Waals surface area contributed by atoms with E-state index in [4.69, 9.17) is 4.74 Å². The van der Waals surface area contributed by atoms with Crippen molar-refractivity contribution in [3.8, 4) is 5.75 Å². The van der Waals surface area contributed by atoms with Crippen LogP contribution in [0, 0.1) is 5.82 Å². The number of ether oxygens (including phenoxy) is 1. The van der Waals surface area contributed by atoms with Gasteiger partial charge in [-0.05, 0) is 43.9 Å². The van der Waals surface area contributed by atoms with Crippen LogP contribution in [-0.4, -0.2) is 29.7 Å². The van der Waals surface area contributed by atoms with Crippen molar-refractivity contribution in [2.24, 2.45) is 0 Å². The second-order valence-electron chi connectivity index (χ2n) is 6.69. The molecule has 1 unspecified atom stereocenters. The van der Waals surface area contributed by atoms with Crippen molar-refractivity contribution >= 4 is 5.95 Å². The van der Waals surface area contributed by atoms with E-state index in [1.807, 2.05) is 12.4 Å². The number of anilines is 1. The number of halogens is 1. The largest absolute Gasteiger partial charge is 0.493 e. The first kappa shape index (κ1) is 16.3. The van der Waals surface area contributed by atoms with Gasteiger partial charge in [-0.15, -0.1) is 0 Å². The summed E-state index contributed by atoms with van der Waals surface area (Å²) in [5.74, 6) is 1.36. The second kappa shape index (κ2) is 7.35. The molecular weight excluding hydrogens is 319 g/mol. The lowest BCUT2D eigenvalue weighted by Crippen LogP contribution is -2.22. The van der Waals surface area contributed by atoms with Crippen molar-refractivity contribution in [1.82, 2.24) is 15.3 Å². The minimum atomic E-state index is -0.227.